The van der Waals surface area contributed by atoms with Gasteiger partial charge in [0.1, 0.15) is 12.5 Å². The van der Waals surface area contributed by atoms with E-state index in [2.05, 4.69) is 6.92 Å². The molecule has 0 radical (unpaired) electrons. The van der Waals surface area contributed by atoms with Crippen LogP contribution in [-0.2, 0) is 31.5 Å². The molecule has 0 aliphatic carbocycles. The van der Waals surface area contributed by atoms with Gasteiger partial charge in [0.15, 0.2) is 6.29 Å². The lowest BCUT2D eigenvalue weighted by molar-refractivity contribution is -0.166. The third kappa shape index (κ3) is 11.8. The average molecular weight is 520 g/mol. The summed E-state index contributed by atoms with van der Waals surface area (Å²) in [7, 11) is 1.52. The number of hydrogen-bond acceptors (Lipinski definition) is 6. The van der Waals surface area contributed by atoms with E-state index in [1.54, 1.807) is 6.07 Å². The van der Waals surface area contributed by atoms with E-state index in [4.69, 9.17) is 29.4 Å². The summed E-state index contributed by atoms with van der Waals surface area (Å²) >= 11 is 0. The van der Waals surface area contributed by atoms with Crippen LogP contribution in [0.1, 0.15) is 82.3 Å². The van der Waals surface area contributed by atoms with E-state index in [1.165, 1.54) is 19.2 Å². The van der Waals surface area contributed by atoms with Crippen LogP contribution < -0.4 is 10.5 Å². The summed E-state index contributed by atoms with van der Waals surface area (Å²) in [5.41, 5.74) is 5.65. The van der Waals surface area contributed by atoms with E-state index in [9.17, 15) is 13.2 Å². The van der Waals surface area contributed by atoms with E-state index >= 15 is 0 Å². The van der Waals surface area contributed by atoms with Gasteiger partial charge in [-0.25, -0.2) is 0 Å². The Morgan fingerprint density at radius 1 is 1.06 bits per heavy atom. The smallest absolute Gasteiger partial charge is 0.419 e. The number of ether oxygens (including phenoxy) is 5. The molecule has 1 aromatic rings. The molecule has 6 nitrogen and oxygen atoms in total. The van der Waals surface area contributed by atoms with Crippen LogP contribution in [0.2, 0.25) is 0 Å². The largest absolute Gasteiger partial charge is 0.493 e. The molecule has 2 rings (SSSR count). The lowest BCUT2D eigenvalue weighted by Crippen LogP contribution is -2.46. The standard InChI is InChI=1S/C27H44F3NO5/c1-3-4-5-6-8-16-34-24-12-11-22(19-23(24)27(28,29)30)13-14-26(31,20-33-21-32-2)15-18-36-25-10-7-9-17-35-25/h11-12,19,25H,3-10,13-18,20-21,31H2,1-2H3. The van der Waals surface area contributed by atoms with Gasteiger partial charge in [-0.05, 0) is 62.6 Å². The van der Waals surface area contributed by atoms with Crippen molar-refractivity contribution in [3.8, 4) is 5.75 Å². The Kier molecular flexibility index (Phi) is 14.1. The summed E-state index contributed by atoms with van der Waals surface area (Å²) in [6.07, 6.45) is 4.52. The van der Waals surface area contributed by atoms with Crippen LogP contribution in [0, 0.1) is 0 Å². The number of rotatable bonds is 18. The number of benzene rings is 1. The van der Waals surface area contributed by atoms with E-state index in [0.717, 1.165) is 51.4 Å². The molecule has 2 N–H and O–H groups in total. The number of hydrogen-bond donors (Lipinski definition) is 1. The van der Waals surface area contributed by atoms with Crippen LogP contribution in [0.15, 0.2) is 18.2 Å². The van der Waals surface area contributed by atoms with Gasteiger partial charge in [-0.15, -0.1) is 0 Å². The Bertz CT molecular complexity index is 728. The Labute approximate surface area is 213 Å². The zero-order valence-corrected chi connectivity index (χ0v) is 21.9. The molecule has 1 aliphatic rings. The topological polar surface area (TPSA) is 72.2 Å². The summed E-state index contributed by atoms with van der Waals surface area (Å²) in [6, 6.07) is 4.28. The van der Waals surface area contributed by atoms with Crippen LogP contribution in [0.25, 0.3) is 0 Å². The van der Waals surface area contributed by atoms with Crippen molar-refractivity contribution in [1.82, 2.24) is 0 Å². The Hall–Kier alpha value is -1.39. The quantitative estimate of drug-likeness (QED) is 0.183. The van der Waals surface area contributed by atoms with Gasteiger partial charge in [-0.1, -0.05) is 38.7 Å². The maximum absolute atomic E-state index is 13.8. The van der Waals surface area contributed by atoms with Gasteiger partial charge < -0.3 is 29.4 Å². The molecule has 36 heavy (non-hydrogen) atoms. The molecule has 0 saturated carbocycles. The van der Waals surface area contributed by atoms with Crippen LogP contribution in [0.5, 0.6) is 5.75 Å². The predicted molar refractivity (Wildman–Crippen MR) is 133 cm³/mol. The maximum atomic E-state index is 13.8. The molecule has 9 heteroatoms. The van der Waals surface area contributed by atoms with Gasteiger partial charge in [0, 0.05) is 19.3 Å². The Morgan fingerprint density at radius 3 is 2.56 bits per heavy atom. The van der Waals surface area contributed by atoms with Crippen molar-refractivity contribution in [3.05, 3.63) is 29.3 Å². The zero-order valence-electron chi connectivity index (χ0n) is 21.9. The molecular formula is C27H44F3NO5. The fraction of sp³-hybridized carbons (Fsp3) is 0.778. The number of nitrogens with two attached hydrogens (primary N) is 1. The third-order valence-corrected chi connectivity index (χ3v) is 6.40. The minimum absolute atomic E-state index is 0.0915. The Morgan fingerprint density at radius 2 is 1.86 bits per heavy atom. The molecule has 1 aromatic carbocycles. The monoisotopic (exact) mass is 519 g/mol. The summed E-state index contributed by atoms with van der Waals surface area (Å²) < 4.78 is 68.7. The van der Waals surface area contributed by atoms with Gasteiger partial charge in [0.05, 0.1) is 25.4 Å². The summed E-state index contributed by atoms with van der Waals surface area (Å²) in [4.78, 5) is 0. The first-order valence-electron chi connectivity index (χ1n) is 13.2. The molecule has 0 spiro atoms. The molecule has 0 bridgehead atoms. The number of methoxy groups -OCH3 is 1. The van der Waals surface area contributed by atoms with Crippen molar-refractivity contribution in [3.63, 3.8) is 0 Å². The van der Waals surface area contributed by atoms with Gasteiger partial charge >= 0.3 is 6.18 Å². The molecule has 1 heterocycles. The lowest BCUT2D eigenvalue weighted by atomic mass is 9.89. The van der Waals surface area contributed by atoms with Gasteiger partial charge in [0.2, 0.25) is 0 Å². The minimum Gasteiger partial charge on any atom is -0.493 e. The number of aryl methyl sites for hydroxylation is 1. The van der Waals surface area contributed by atoms with E-state index in [1.807, 2.05) is 0 Å². The van der Waals surface area contributed by atoms with E-state index in [0.29, 0.717) is 38.0 Å². The first kappa shape index (κ1) is 30.8. The zero-order chi connectivity index (χ0) is 26.3. The van der Waals surface area contributed by atoms with Crippen molar-refractivity contribution in [2.45, 2.75) is 95.6 Å². The molecule has 0 amide bonds. The number of alkyl halides is 3. The van der Waals surface area contributed by atoms with Gasteiger partial charge in [0.25, 0.3) is 0 Å². The van der Waals surface area contributed by atoms with Crippen molar-refractivity contribution in [2.24, 2.45) is 5.73 Å². The van der Waals surface area contributed by atoms with Crippen molar-refractivity contribution in [1.29, 1.82) is 0 Å². The second-order valence-corrected chi connectivity index (χ2v) is 9.63. The van der Waals surface area contributed by atoms with Crippen LogP contribution >= 0.6 is 0 Å². The third-order valence-electron chi connectivity index (χ3n) is 6.40. The van der Waals surface area contributed by atoms with Crippen LogP contribution in [0.3, 0.4) is 0 Å². The number of unbranched alkanes of at least 4 members (excludes halogenated alkanes) is 4. The second-order valence-electron chi connectivity index (χ2n) is 9.63. The van der Waals surface area contributed by atoms with Crippen molar-refractivity contribution in [2.75, 3.05) is 40.3 Å². The normalized spacial score (nSPS) is 18.2. The molecule has 0 aromatic heterocycles. The van der Waals surface area contributed by atoms with E-state index < -0.39 is 17.3 Å². The SMILES string of the molecule is CCCCCCCOc1ccc(CCC(N)(CCOC2CCCCO2)COCOC)cc1C(F)(F)F. The molecule has 2 unspecified atom stereocenters. The minimum atomic E-state index is -4.50. The molecular weight excluding hydrogens is 475 g/mol. The first-order valence-corrected chi connectivity index (χ1v) is 13.2. The summed E-state index contributed by atoms with van der Waals surface area (Å²) in [5, 5.41) is 0. The highest BCUT2D eigenvalue weighted by molar-refractivity contribution is 5.39. The molecule has 1 saturated heterocycles. The maximum Gasteiger partial charge on any atom is 0.419 e. The fourth-order valence-corrected chi connectivity index (χ4v) is 4.19. The highest BCUT2D eigenvalue weighted by Gasteiger charge is 2.35. The first-order chi connectivity index (χ1) is 17.3. The Balaban J connectivity index is 1.97. The molecule has 208 valence electrons. The van der Waals surface area contributed by atoms with Crippen LogP contribution in [0.4, 0.5) is 13.2 Å². The lowest BCUT2D eigenvalue weighted by Gasteiger charge is -2.31. The summed E-state index contributed by atoms with van der Waals surface area (Å²) in [6.45, 7) is 3.77. The fourth-order valence-electron chi connectivity index (χ4n) is 4.19. The average Bonchev–Trinajstić information content (AvgIpc) is 2.85. The molecule has 2 atom stereocenters. The number of halogens is 3. The van der Waals surface area contributed by atoms with Gasteiger partial charge in [-0.3, -0.25) is 0 Å². The highest BCUT2D eigenvalue weighted by Crippen LogP contribution is 2.37. The second kappa shape index (κ2) is 16.5. The van der Waals surface area contributed by atoms with E-state index in [-0.39, 0.29) is 32.0 Å². The van der Waals surface area contributed by atoms with Gasteiger partial charge in [-0.2, -0.15) is 13.2 Å². The highest BCUT2D eigenvalue weighted by atomic mass is 19.4. The van der Waals surface area contributed by atoms with Crippen LogP contribution in [-0.4, -0.2) is 52.2 Å². The van der Waals surface area contributed by atoms with Crippen molar-refractivity contribution < 1.29 is 36.9 Å². The summed E-state index contributed by atoms with van der Waals surface area (Å²) in [5.74, 6) is -0.120. The molecule has 1 aliphatic heterocycles. The predicted octanol–water partition coefficient (Wildman–Crippen LogP) is 6.24. The molecule has 1 fully saturated rings. The van der Waals surface area contributed by atoms with Crippen molar-refractivity contribution >= 4 is 0 Å².